The summed E-state index contributed by atoms with van der Waals surface area (Å²) in [4.78, 5) is 91.5. The fraction of sp³-hybridized carbons (Fsp3) is 0.167. The molecule has 1 aromatic heterocycles. The molecule has 14 aromatic rings. The highest BCUT2D eigenvalue weighted by Gasteiger charge is 2.17. The molecule has 2 heterocycles. The van der Waals surface area contributed by atoms with Gasteiger partial charge >= 0.3 is 0 Å². The molecular weight excluding hydrogens is 1820 g/mol. The number of hydrogen-bond acceptors (Lipinski definition) is 19. The first-order chi connectivity index (χ1) is 67.3. The van der Waals surface area contributed by atoms with Gasteiger partial charge in [0, 0.05) is 72.2 Å². The SMILES string of the molecule is N#Cc1ccc(-c2ccc(OCC(=O)Nc3cccc([N+](=O)[O-])c3)cc2)cc1.O=C(COCc1ccccc1)NCc1ccccc1.O=C(COc1ccc(Cl)cc1)NCc1ccccc1.O=C(COc1cccc(Cl)c1)NCc1ccccc1.O=C(COc1cccc(Cl)c1)NCc1ccco1.O=C(COc1ccccc1)NC[C@@H]1CCCO1.O=C(COc1ccccc1)NCc1ccccc1. The van der Waals surface area contributed by atoms with Gasteiger partial charge in [0.25, 0.3) is 41.1 Å². The summed E-state index contributed by atoms with van der Waals surface area (Å²) in [5.41, 5.74) is 8.09. The third-order valence-electron chi connectivity index (χ3n) is 18.9. The standard InChI is InChI=1S/C21H15N3O4.C16H17NO2.2C15H14ClNO2.C15H15NO2.C13H12ClNO3.C13H17NO3/c22-13-15-4-6-16(7-5-15)17-8-10-20(11-9-17)28-14-21(25)23-18-2-1-3-19(12-18)24(26)27;18-16(17-11-14-7-3-1-4-8-14)13-19-12-15-9-5-2-6-10-15;16-13-7-4-8-14(9-13)19-11-15(18)17-10-12-5-2-1-3-6-12;16-13-6-8-14(9-7-13)19-11-15(18)17-10-12-4-2-1-3-5-12;17-15(12-18-14-9-5-2-6-10-14)16-11-13-7-3-1-4-8-13;14-10-3-1-4-11(7-10)18-9-13(16)15-8-12-5-2-6-17-12;15-13(14-9-12-7-4-8-16-12)10-17-11-5-2-1-3-6-11/h1-12H,14H2,(H,23,25);1-10H,11-13H2,(H,17,18);2*1-9H,10-11H2,(H,17,18);1-10H,11-12H2,(H,16,17);1-7H,8-9H2,(H,15,16);1-3,5-6,12H,4,7-10H2,(H,14,15)/t;;;;;;12-/m......0/s1. The van der Waals surface area contributed by atoms with E-state index in [1.54, 1.807) is 122 Å². The van der Waals surface area contributed by atoms with E-state index in [9.17, 15) is 43.7 Å². The number of anilines is 1. The van der Waals surface area contributed by atoms with Gasteiger partial charge in [-0.3, -0.25) is 43.7 Å². The zero-order valence-corrected chi connectivity index (χ0v) is 77.5. The van der Waals surface area contributed by atoms with Gasteiger partial charge in [-0.05, 0) is 179 Å². The highest BCUT2D eigenvalue weighted by molar-refractivity contribution is 6.31. The smallest absolute Gasteiger partial charge is 0.271 e. The zero-order valence-electron chi connectivity index (χ0n) is 75.3. The van der Waals surface area contributed by atoms with Gasteiger partial charge in [-0.2, -0.15) is 5.26 Å². The van der Waals surface area contributed by atoms with Crippen LogP contribution >= 0.6 is 34.8 Å². The molecule has 13 aromatic carbocycles. The predicted molar refractivity (Wildman–Crippen MR) is 530 cm³/mol. The van der Waals surface area contributed by atoms with Crippen molar-refractivity contribution in [2.75, 3.05) is 64.7 Å². The first-order valence-electron chi connectivity index (χ1n) is 43.6. The minimum Gasteiger partial charge on any atom is -0.484 e. The number of nitrogens with one attached hydrogen (secondary N) is 7. The number of amides is 7. The van der Waals surface area contributed by atoms with Gasteiger partial charge in [-0.15, -0.1) is 0 Å². The molecule has 7 amide bonds. The number of hydrogen-bond donors (Lipinski definition) is 7. The normalized spacial score (nSPS) is 11.1. The second-order valence-electron chi connectivity index (χ2n) is 29.6. The molecule has 0 spiro atoms. The zero-order chi connectivity index (χ0) is 97.6. The minimum atomic E-state index is -0.526. The molecule has 1 atom stereocenters. The summed E-state index contributed by atoms with van der Waals surface area (Å²) < 4.78 is 48.0. The van der Waals surface area contributed by atoms with Crippen LogP contribution in [0.5, 0.6) is 34.5 Å². The van der Waals surface area contributed by atoms with Crippen molar-refractivity contribution in [3.05, 3.63) is 441 Å². The van der Waals surface area contributed by atoms with E-state index in [0.717, 1.165) is 58.4 Å². The Morgan fingerprint density at radius 2 is 0.710 bits per heavy atom. The Morgan fingerprint density at radius 3 is 1.10 bits per heavy atom. The molecule has 0 unspecified atom stereocenters. The van der Waals surface area contributed by atoms with Crippen LogP contribution in [0.2, 0.25) is 15.1 Å². The fourth-order valence-electron chi connectivity index (χ4n) is 11.9. The molecule has 1 aliphatic heterocycles. The van der Waals surface area contributed by atoms with Gasteiger partial charge in [-0.1, -0.05) is 265 Å². The number of para-hydroxylation sites is 2. The van der Waals surface area contributed by atoms with Crippen molar-refractivity contribution in [2.45, 2.75) is 58.3 Å². The van der Waals surface area contributed by atoms with Crippen LogP contribution in [0.25, 0.3) is 11.1 Å². The van der Waals surface area contributed by atoms with Gasteiger partial charge < -0.3 is 79.5 Å². The van der Waals surface area contributed by atoms with Gasteiger partial charge in [-0.25, -0.2) is 0 Å². The van der Waals surface area contributed by atoms with Crippen LogP contribution in [-0.4, -0.2) is 112 Å². The largest absolute Gasteiger partial charge is 0.484 e. The molecule has 1 aliphatic rings. The van der Waals surface area contributed by atoms with E-state index in [1.807, 2.05) is 237 Å². The quantitative estimate of drug-likeness (QED) is 0.0140. The Hall–Kier alpha value is -16.1. The molecule has 1 saturated heterocycles. The van der Waals surface area contributed by atoms with E-state index in [4.69, 9.17) is 82.4 Å². The Kier molecular flexibility index (Phi) is 47.8. The molecule has 0 bridgehead atoms. The molecule has 0 saturated carbocycles. The molecule has 27 nitrogen and oxygen atoms in total. The summed E-state index contributed by atoms with van der Waals surface area (Å²) in [6, 6.07) is 114. The van der Waals surface area contributed by atoms with Crippen LogP contribution in [0.1, 0.15) is 52.0 Å². The second kappa shape index (κ2) is 62.4. The van der Waals surface area contributed by atoms with Crippen molar-refractivity contribution >= 4 is 87.5 Å². The van der Waals surface area contributed by atoms with Crippen LogP contribution < -0.4 is 65.6 Å². The number of carbonyl (C=O) groups is 7. The number of ether oxygens (including phenoxy) is 8. The van der Waals surface area contributed by atoms with Gasteiger partial charge in [0.15, 0.2) is 39.6 Å². The van der Waals surface area contributed by atoms with E-state index >= 15 is 0 Å². The lowest BCUT2D eigenvalue weighted by Crippen LogP contribution is -2.35. The third kappa shape index (κ3) is 45.1. The van der Waals surface area contributed by atoms with E-state index in [1.165, 1.54) is 18.2 Å². The maximum absolute atomic E-state index is 12.0. The minimum absolute atomic E-state index is 0.00549. The number of nitro benzene ring substituents is 1. The number of carbonyl (C=O) groups excluding carboxylic acids is 7. The Balaban J connectivity index is 0.000000181. The highest BCUT2D eigenvalue weighted by atomic mass is 35.5. The number of nitrogens with zero attached hydrogens (tertiary/aromatic N) is 2. The summed E-state index contributed by atoms with van der Waals surface area (Å²) in [6.45, 7) is 4.13. The molecule has 710 valence electrons. The number of halogens is 3. The van der Waals surface area contributed by atoms with Crippen LogP contribution in [0.3, 0.4) is 0 Å². The third-order valence-corrected chi connectivity index (χ3v) is 19.6. The number of nitro groups is 1. The van der Waals surface area contributed by atoms with Crippen LogP contribution in [-0.2, 0) is 82.4 Å². The first kappa shape index (κ1) is 106. The lowest BCUT2D eigenvalue weighted by molar-refractivity contribution is -0.384. The molecule has 0 radical (unpaired) electrons. The molecular formula is C108H104Cl3N9O18. The lowest BCUT2D eigenvalue weighted by Gasteiger charge is -2.11. The maximum atomic E-state index is 12.0. The van der Waals surface area contributed by atoms with Crippen molar-refractivity contribution in [1.82, 2.24) is 31.9 Å². The summed E-state index contributed by atoms with van der Waals surface area (Å²) in [5.74, 6) is 3.12. The summed E-state index contributed by atoms with van der Waals surface area (Å²) in [6.07, 6.45) is 3.85. The average molecular weight is 1920 g/mol. The number of benzene rings is 13. The average Bonchev–Trinajstić information content (AvgIpc) is 1.03. The number of rotatable bonds is 37. The Labute approximate surface area is 815 Å². The van der Waals surface area contributed by atoms with Gasteiger partial charge in [0.05, 0.1) is 42.1 Å². The van der Waals surface area contributed by atoms with Crippen molar-refractivity contribution < 1.29 is 80.8 Å². The van der Waals surface area contributed by atoms with Crippen LogP contribution in [0.4, 0.5) is 11.4 Å². The molecule has 1 fully saturated rings. The van der Waals surface area contributed by atoms with Crippen molar-refractivity contribution in [3.63, 3.8) is 0 Å². The fourth-order valence-corrected chi connectivity index (χ4v) is 12.4. The Morgan fingerprint density at radius 1 is 0.355 bits per heavy atom. The summed E-state index contributed by atoms with van der Waals surface area (Å²) >= 11 is 17.4. The van der Waals surface area contributed by atoms with Crippen molar-refractivity contribution in [1.29, 1.82) is 5.26 Å². The van der Waals surface area contributed by atoms with E-state index < -0.39 is 10.8 Å². The molecule has 30 heteroatoms. The first-order valence-corrected chi connectivity index (χ1v) is 44.7. The van der Waals surface area contributed by atoms with Crippen LogP contribution in [0, 0.1) is 21.4 Å². The number of nitriles is 1. The van der Waals surface area contributed by atoms with E-state index in [-0.39, 0.29) is 93.5 Å². The van der Waals surface area contributed by atoms with Crippen molar-refractivity contribution in [3.8, 4) is 51.7 Å². The molecule has 7 N–H and O–H groups in total. The number of furan rings is 1. The second-order valence-corrected chi connectivity index (χ2v) is 30.9. The topological polar surface area (TPSA) is 358 Å². The van der Waals surface area contributed by atoms with Crippen molar-refractivity contribution in [2.24, 2.45) is 0 Å². The summed E-state index contributed by atoms with van der Waals surface area (Å²) in [5, 5.41) is 40.7. The predicted octanol–water partition coefficient (Wildman–Crippen LogP) is 19.1. The number of non-ortho nitro benzene ring substituents is 1. The maximum Gasteiger partial charge on any atom is 0.271 e. The van der Waals surface area contributed by atoms with Gasteiger partial charge in [0.2, 0.25) is 5.91 Å². The van der Waals surface area contributed by atoms with E-state index in [0.29, 0.717) is 112 Å². The monoisotopic (exact) mass is 1920 g/mol. The lowest BCUT2D eigenvalue weighted by atomic mass is 10.0. The molecule has 0 aliphatic carbocycles. The highest BCUT2D eigenvalue weighted by Crippen LogP contribution is 2.25. The molecule has 138 heavy (non-hydrogen) atoms. The molecule has 15 rings (SSSR count). The van der Waals surface area contributed by atoms with E-state index in [2.05, 4.69) is 43.3 Å². The Bertz CT molecular complexity index is 5930. The summed E-state index contributed by atoms with van der Waals surface area (Å²) in [7, 11) is 0. The van der Waals surface area contributed by atoms with Gasteiger partial charge in [0.1, 0.15) is 46.9 Å². The van der Waals surface area contributed by atoms with Crippen LogP contribution in [0.15, 0.2) is 381 Å².